The van der Waals surface area contributed by atoms with Gasteiger partial charge in [0.15, 0.2) is 0 Å². The Morgan fingerprint density at radius 3 is 2.59 bits per heavy atom. The second kappa shape index (κ2) is 7.03. The van der Waals surface area contributed by atoms with E-state index in [1.54, 1.807) is 31.4 Å². The molecule has 1 rings (SSSR count). The van der Waals surface area contributed by atoms with Crippen molar-refractivity contribution in [1.82, 2.24) is 0 Å². The summed E-state index contributed by atoms with van der Waals surface area (Å²) in [6, 6.07) is 6.93. The van der Waals surface area contributed by atoms with E-state index in [4.69, 9.17) is 10.5 Å². The smallest absolute Gasteiger partial charge is 0.236 e. The van der Waals surface area contributed by atoms with Crippen LogP contribution in [-0.2, 0) is 15.6 Å². The van der Waals surface area contributed by atoms with Crippen molar-refractivity contribution in [3.8, 4) is 5.75 Å². The first-order chi connectivity index (χ1) is 8.15. The minimum absolute atomic E-state index is 0.0246. The molecule has 0 radical (unpaired) electrons. The lowest BCUT2D eigenvalue weighted by atomic mass is 10.3. The second-order valence-electron chi connectivity index (χ2n) is 3.35. The van der Waals surface area contributed by atoms with Gasteiger partial charge in [-0.15, -0.1) is 0 Å². The van der Waals surface area contributed by atoms with Gasteiger partial charge >= 0.3 is 0 Å². The molecule has 1 unspecified atom stereocenters. The number of carbonyl (C=O) groups is 1. The van der Waals surface area contributed by atoms with Crippen LogP contribution in [0.5, 0.6) is 5.75 Å². The number of benzene rings is 1. The summed E-state index contributed by atoms with van der Waals surface area (Å²) in [4.78, 5) is 11.5. The van der Waals surface area contributed by atoms with Gasteiger partial charge in [0.1, 0.15) is 11.5 Å². The maximum atomic E-state index is 11.5. The topological polar surface area (TPSA) is 81.4 Å². The lowest BCUT2D eigenvalue weighted by Gasteiger charge is -2.05. The third-order valence-electron chi connectivity index (χ3n) is 2.01. The Balaban J connectivity index is 2.47. The van der Waals surface area contributed by atoms with Crippen molar-refractivity contribution in [2.75, 3.05) is 30.5 Å². The highest BCUT2D eigenvalue weighted by molar-refractivity contribution is 7.85. The molecule has 1 atom stereocenters. The number of methoxy groups -OCH3 is 1. The summed E-state index contributed by atoms with van der Waals surface area (Å²) < 4.78 is 16.3. The molecule has 0 saturated carbocycles. The van der Waals surface area contributed by atoms with Crippen LogP contribution in [0.4, 0.5) is 5.69 Å². The number of hydrogen-bond donors (Lipinski definition) is 2. The molecule has 0 saturated heterocycles. The molecule has 0 aliphatic rings. The van der Waals surface area contributed by atoms with Gasteiger partial charge in [0, 0.05) is 28.8 Å². The van der Waals surface area contributed by atoms with Gasteiger partial charge in [-0.25, -0.2) is 0 Å². The summed E-state index contributed by atoms with van der Waals surface area (Å²) in [6.45, 7) is 0.322. The number of carbonyl (C=O) groups excluding carboxylic acids is 1. The maximum Gasteiger partial charge on any atom is 0.236 e. The lowest BCUT2D eigenvalue weighted by Crippen LogP contribution is -2.23. The lowest BCUT2D eigenvalue weighted by molar-refractivity contribution is -0.113. The highest BCUT2D eigenvalue weighted by Gasteiger charge is 2.07. The molecule has 1 aromatic rings. The third-order valence-corrected chi connectivity index (χ3v) is 3.29. The fourth-order valence-corrected chi connectivity index (χ4v) is 1.99. The fraction of sp³-hybridized carbons (Fsp3) is 0.364. The third kappa shape index (κ3) is 4.97. The summed E-state index contributed by atoms with van der Waals surface area (Å²) in [7, 11) is 0.381. The van der Waals surface area contributed by atoms with Crippen LogP contribution in [0, 0.1) is 0 Å². The Morgan fingerprint density at radius 1 is 1.41 bits per heavy atom. The molecule has 0 aliphatic heterocycles. The van der Waals surface area contributed by atoms with Crippen LogP contribution in [0.15, 0.2) is 24.3 Å². The van der Waals surface area contributed by atoms with Gasteiger partial charge in [-0.1, -0.05) is 0 Å². The molecule has 6 heteroatoms. The van der Waals surface area contributed by atoms with Crippen LogP contribution in [-0.4, -0.2) is 35.3 Å². The van der Waals surface area contributed by atoms with Gasteiger partial charge in [0.2, 0.25) is 5.91 Å². The zero-order valence-electron chi connectivity index (χ0n) is 9.64. The van der Waals surface area contributed by atoms with Crippen LogP contribution in [0.3, 0.4) is 0 Å². The van der Waals surface area contributed by atoms with Crippen LogP contribution >= 0.6 is 0 Å². The molecular weight excluding hydrogens is 240 g/mol. The first-order valence-corrected chi connectivity index (χ1v) is 6.63. The second-order valence-corrected chi connectivity index (χ2v) is 4.93. The van der Waals surface area contributed by atoms with Crippen LogP contribution in [0.25, 0.3) is 0 Å². The van der Waals surface area contributed by atoms with E-state index in [-0.39, 0.29) is 11.7 Å². The Morgan fingerprint density at radius 2 is 2.06 bits per heavy atom. The highest BCUT2D eigenvalue weighted by atomic mass is 32.2. The quantitative estimate of drug-likeness (QED) is 0.769. The minimum atomic E-state index is -1.19. The average Bonchev–Trinajstić information content (AvgIpc) is 2.30. The van der Waals surface area contributed by atoms with E-state index in [9.17, 15) is 9.00 Å². The molecular formula is C11H16N2O3S. The van der Waals surface area contributed by atoms with Gasteiger partial charge in [0.25, 0.3) is 0 Å². The zero-order valence-corrected chi connectivity index (χ0v) is 10.5. The summed E-state index contributed by atoms with van der Waals surface area (Å²) in [5.74, 6) is 0.760. The molecule has 0 spiro atoms. The van der Waals surface area contributed by atoms with E-state index < -0.39 is 10.8 Å². The normalized spacial score (nSPS) is 11.9. The summed E-state index contributed by atoms with van der Waals surface area (Å²) >= 11 is 0. The van der Waals surface area contributed by atoms with E-state index in [1.165, 1.54) is 0 Å². The molecule has 0 heterocycles. The zero-order chi connectivity index (χ0) is 12.7. The van der Waals surface area contributed by atoms with E-state index >= 15 is 0 Å². The van der Waals surface area contributed by atoms with Crippen molar-refractivity contribution in [2.24, 2.45) is 5.73 Å². The first kappa shape index (κ1) is 13.7. The van der Waals surface area contributed by atoms with Crippen LogP contribution in [0.2, 0.25) is 0 Å². The molecule has 94 valence electrons. The number of nitrogens with two attached hydrogens (primary N) is 1. The monoisotopic (exact) mass is 256 g/mol. The number of rotatable bonds is 6. The number of amides is 1. The van der Waals surface area contributed by atoms with Crippen molar-refractivity contribution in [3.63, 3.8) is 0 Å². The average molecular weight is 256 g/mol. The minimum Gasteiger partial charge on any atom is -0.497 e. The molecule has 17 heavy (non-hydrogen) atoms. The molecule has 3 N–H and O–H groups in total. The summed E-state index contributed by atoms with van der Waals surface area (Å²) in [6.07, 6.45) is 0. The van der Waals surface area contributed by atoms with Gasteiger partial charge in [-0.2, -0.15) is 0 Å². The molecule has 1 aromatic carbocycles. The van der Waals surface area contributed by atoms with Crippen LogP contribution < -0.4 is 15.8 Å². The number of nitrogens with one attached hydrogen (secondary N) is 1. The summed E-state index contributed by atoms with van der Waals surface area (Å²) in [5.41, 5.74) is 5.90. The van der Waals surface area contributed by atoms with E-state index in [2.05, 4.69) is 5.32 Å². The molecule has 0 fully saturated rings. The van der Waals surface area contributed by atoms with Crippen molar-refractivity contribution in [1.29, 1.82) is 0 Å². The van der Waals surface area contributed by atoms with Crippen molar-refractivity contribution in [2.45, 2.75) is 0 Å². The Hall–Kier alpha value is -1.40. The number of anilines is 1. The Bertz CT molecular complexity index is 392. The van der Waals surface area contributed by atoms with E-state index in [0.29, 0.717) is 18.0 Å². The van der Waals surface area contributed by atoms with Crippen LogP contribution in [0.1, 0.15) is 0 Å². The molecule has 1 amide bonds. The Labute approximate surface area is 103 Å². The van der Waals surface area contributed by atoms with Gasteiger partial charge in [0.05, 0.1) is 7.11 Å². The molecule has 0 bridgehead atoms. The van der Waals surface area contributed by atoms with E-state index in [1.807, 2.05) is 0 Å². The van der Waals surface area contributed by atoms with Gasteiger partial charge < -0.3 is 15.8 Å². The molecule has 0 aliphatic carbocycles. The first-order valence-electron chi connectivity index (χ1n) is 5.14. The maximum absolute atomic E-state index is 11.5. The largest absolute Gasteiger partial charge is 0.497 e. The predicted molar refractivity (Wildman–Crippen MR) is 68.6 cm³/mol. The van der Waals surface area contributed by atoms with Gasteiger partial charge in [-0.3, -0.25) is 9.00 Å². The SMILES string of the molecule is COc1ccc(NC(=O)CS(=O)CCN)cc1. The molecule has 5 nitrogen and oxygen atoms in total. The van der Waals surface area contributed by atoms with Crippen molar-refractivity contribution < 1.29 is 13.7 Å². The number of ether oxygens (including phenoxy) is 1. The standard InChI is InChI=1S/C11H16N2O3S/c1-16-10-4-2-9(3-5-10)13-11(14)8-17(15)7-6-12/h2-5H,6-8,12H2,1H3,(H,13,14). The summed E-state index contributed by atoms with van der Waals surface area (Å²) in [5, 5.41) is 2.65. The predicted octanol–water partition coefficient (Wildman–Crippen LogP) is 0.341. The van der Waals surface area contributed by atoms with Crippen molar-refractivity contribution >= 4 is 22.4 Å². The van der Waals surface area contributed by atoms with E-state index in [0.717, 1.165) is 5.75 Å². The fourth-order valence-electron chi connectivity index (χ4n) is 1.22. The number of hydrogen-bond acceptors (Lipinski definition) is 4. The highest BCUT2D eigenvalue weighted by Crippen LogP contribution is 2.14. The Kier molecular flexibility index (Phi) is 5.65. The van der Waals surface area contributed by atoms with Gasteiger partial charge in [-0.05, 0) is 24.3 Å². The molecule has 0 aromatic heterocycles. The van der Waals surface area contributed by atoms with Crippen molar-refractivity contribution in [3.05, 3.63) is 24.3 Å².